The van der Waals surface area contributed by atoms with Gasteiger partial charge in [0.25, 0.3) is 0 Å². The van der Waals surface area contributed by atoms with Crippen LogP contribution in [0.2, 0.25) is 0 Å². The lowest BCUT2D eigenvalue weighted by Gasteiger charge is -2.14. The smallest absolute Gasteiger partial charge is 0.394 e. The zero-order chi connectivity index (χ0) is 21.8. The summed E-state index contributed by atoms with van der Waals surface area (Å²) >= 11 is 0. The molecule has 1 aromatic heterocycles. The topological polar surface area (TPSA) is 96.6 Å². The molecular formula is C19H27F3N6O2. The fourth-order valence-electron chi connectivity index (χ4n) is 2.63. The predicted molar refractivity (Wildman–Crippen MR) is 106 cm³/mol. The third-order valence-corrected chi connectivity index (χ3v) is 4.11. The van der Waals surface area contributed by atoms with Gasteiger partial charge >= 0.3 is 6.18 Å². The van der Waals surface area contributed by atoms with Gasteiger partial charge in [-0.3, -0.25) is 0 Å². The van der Waals surface area contributed by atoms with Crippen LogP contribution in [0.3, 0.4) is 0 Å². The Balaban J connectivity index is 1.97. The molecule has 0 bridgehead atoms. The van der Waals surface area contributed by atoms with Gasteiger partial charge in [0.2, 0.25) is 0 Å². The Morgan fingerprint density at radius 1 is 1.23 bits per heavy atom. The van der Waals surface area contributed by atoms with Crippen LogP contribution in [-0.4, -0.2) is 58.7 Å². The van der Waals surface area contributed by atoms with E-state index in [0.717, 1.165) is 24.4 Å². The van der Waals surface area contributed by atoms with E-state index < -0.39 is 11.7 Å². The molecule has 2 aromatic rings. The van der Waals surface area contributed by atoms with E-state index in [0.29, 0.717) is 37.8 Å². The minimum absolute atomic E-state index is 0.0621. The number of alkyl halides is 3. The molecule has 8 nitrogen and oxygen atoms in total. The van der Waals surface area contributed by atoms with Crippen LogP contribution < -0.4 is 10.6 Å². The molecule has 0 saturated carbocycles. The number of nitrogens with zero attached hydrogens (tertiary/aromatic N) is 4. The Bertz CT molecular complexity index is 795. The molecule has 1 heterocycles. The van der Waals surface area contributed by atoms with Crippen LogP contribution in [0.25, 0.3) is 0 Å². The van der Waals surface area contributed by atoms with Crippen molar-refractivity contribution in [2.45, 2.75) is 32.6 Å². The summed E-state index contributed by atoms with van der Waals surface area (Å²) in [6.07, 6.45) is -1.98. The van der Waals surface area contributed by atoms with Crippen LogP contribution in [0.4, 0.5) is 13.2 Å². The molecule has 0 radical (unpaired) electrons. The van der Waals surface area contributed by atoms with E-state index >= 15 is 0 Å². The normalized spacial score (nSPS) is 12.2. The van der Waals surface area contributed by atoms with Gasteiger partial charge in [-0.05, 0) is 17.7 Å². The Kier molecular flexibility index (Phi) is 9.55. The van der Waals surface area contributed by atoms with Gasteiger partial charge in [-0.2, -0.15) is 13.2 Å². The molecule has 0 spiro atoms. The highest BCUT2D eigenvalue weighted by Gasteiger charge is 2.30. The summed E-state index contributed by atoms with van der Waals surface area (Å²) < 4.78 is 45.8. The first-order valence-electron chi connectivity index (χ1n) is 9.67. The van der Waals surface area contributed by atoms with Crippen LogP contribution in [0.5, 0.6) is 0 Å². The number of aryl methyl sites for hydroxylation is 1. The number of aliphatic hydroxyl groups excluding tert-OH is 1. The van der Waals surface area contributed by atoms with Crippen LogP contribution in [0.1, 0.15) is 23.9 Å². The molecule has 0 aliphatic rings. The fraction of sp³-hybridized carbons (Fsp3) is 0.526. The van der Waals surface area contributed by atoms with E-state index in [-0.39, 0.29) is 19.8 Å². The van der Waals surface area contributed by atoms with Gasteiger partial charge in [0.05, 0.1) is 31.9 Å². The lowest BCUT2D eigenvalue weighted by molar-refractivity contribution is -0.137. The highest BCUT2D eigenvalue weighted by molar-refractivity contribution is 5.79. The predicted octanol–water partition coefficient (Wildman–Crippen LogP) is 1.60. The summed E-state index contributed by atoms with van der Waals surface area (Å²) in [7, 11) is 0. The molecule has 1 aromatic carbocycles. The molecule has 0 fully saturated rings. The second kappa shape index (κ2) is 12.1. The second-order valence-corrected chi connectivity index (χ2v) is 6.35. The van der Waals surface area contributed by atoms with Crippen molar-refractivity contribution < 1.29 is 23.0 Å². The molecule has 0 unspecified atom stereocenters. The number of nitrogens with one attached hydrogen (secondary N) is 2. The summed E-state index contributed by atoms with van der Waals surface area (Å²) in [4.78, 5) is 4.38. The lowest BCUT2D eigenvalue weighted by atomic mass is 10.1. The van der Waals surface area contributed by atoms with Gasteiger partial charge in [-0.1, -0.05) is 19.1 Å². The Labute approximate surface area is 173 Å². The maximum atomic E-state index is 12.9. The summed E-state index contributed by atoms with van der Waals surface area (Å²) in [5.74, 6) is 1.32. The van der Waals surface area contributed by atoms with Gasteiger partial charge < -0.3 is 25.0 Å². The number of benzene rings is 1. The zero-order valence-electron chi connectivity index (χ0n) is 16.8. The Morgan fingerprint density at radius 2 is 2.03 bits per heavy atom. The summed E-state index contributed by atoms with van der Waals surface area (Å²) in [6.45, 7) is 4.18. The molecule has 166 valence electrons. The molecule has 0 atom stereocenters. The molecule has 0 aliphatic heterocycles. The van der Waals surface area contributed by atoms with Crippen LogP contribution in [0.15, 0.2) is 35.6 Å². The molecular weight excluding hydrogens is 401 g/mol. The van der Waals surface area contributed by atoms with Gasteiger partial charge in [0, 0.05) is 26.1 Å². The van der Waals surface area contributed by atoms with Crippen molar-refractivity contribution in [1.82, 2.24) is 25.4 Å². The quantitative estimate of drug-likeness (QED) is 0.286. The lowest BCUT2D eigenvalue weighted by Crippen LogP contribution is -2.40. The van der Waals surface area contributed by atoms with E-state index in [9.17, 15) is 13.2 Å². The highest BCUT2D eigenvalue weighted by atomic mass is 19.4. The molecule has 2 rings (SSSR count). The van der Waals surface area contributed by atoms with Crippen LogP contribution in [0, 0.1) is 0 Å². The minimum atomic E-state index is -4.39. The Morgan fingerprint density at radius 3 is 2.77 bits per heavy atom. The zero-order valence-corrected chi connectivity index (χ0v) is 16.8. The molecule has 0 amide bonds. The fourth-order valence-corrected chi connectivity index (χ4v) is 2.63. The van der Waals surface area contributed by atoms with Gasteiger partial charge in [-0.25, -0.2) is 4.99 Å². The number of aliphatic hydroxyl groups is 1. The third-order valence-electron chi connectivity index (χ3n) is 4.11. The average molecular weight is 428 g/mol. The first-order chi connectivity index (χ1) is 14.4. The van der Waals surface area contributed by atoms with Gasteiger partial charge in [-0.15, -0.1) is 10.2 Å². The van der Waals surface area contributed by atoms with E-state index in [2.05, 4.69) is 25.8 Å². The highest BCUT2D eigenvalue weighted by Crippen LogP contribution is 2.29. The first kappa shape index (κ1) is 23.6. The number of halogens is 3. The second-order valence-electron chi connectivity index (χ2n) is 6.35. The van der Waals surface area contributed by atoms with E-state index in [1.807, 2.05) is 11.5 Å². The number of rotatable bonds is 11. The first-order valence-corrected chi connectivity index (χ1v) is 9.67. The number of hydrogen-bond donors (Lipinski definition) is 3. The van der Waals surface area contributed by atoms with Crippen molar-refractivity contribution in [1.29, 1.82) is 0 Å². The number of hydrogen-bond acceptors (Lipinski definition) is 5. The van der Waals surface area contributed by atoms with Crippen molar-refractivity contribution in [2.75, 3.05) is 32.9 Å². The molecule has 0 saturated heterocycles. The summed E-state index contributed by atoms with van der Waals surface area (Å²) in [6, 6.07) is 5.10. The van der Waals surface area contributed by atoms with Gasteiger partial charge in [0.15, 0.2) is 5.96 Å². The van der Waals surface area contributed by atoms with E-state index in [1.54, 1.807) is 12.4 Å². The molecule has 11 heteroatoms. The number of ether oxygens (including phenoxy) is 1. The van der Waals surface area contributed by atoms with Crippen molar-refractivity contribution in [3.8, 4) is 0 Å². The van der Waals surface area contributed by atoms with Crippen LogP contribution >= 0.6 is 0 Å². The SMILES string of the molecule is CCc1nncn1CCNC(=NCc1cccc(C(F)(F)F)c1)NCCOCCO. The van der Waals surface area contributed by atoms with Crippen molar-refractivity contribution in [3.63, 3.8) is 0 Å². The maximum absolute atomic E-state index is 12.9. The van der Waals surface area contributed by atoms with E-state index in [4.69, 9.17) is 9.84 Å². The van der Waals surface area contributed by atoms with Crippen molar-refractivity contribution in [2.24, 2.45) is 4.99 Å². The molecule has 3 N–H and O–H groups in total. The van der Waals surface area contributed by atoms with Crippen molar-refractivity contribution >= 4 is 5.96 Å². The van der Waals surface area contributed by atoms with Crippen LogP contribution in [-0.2, 0) is 30.4 Å². The molecule has 0 aliphatic carbocycles. The largest absolute Gasteiger partial charge is 0.416 e. The summed E-state index contributed by atoms with van der Waals surface area (Å²) in [5.41, 5.74) is -0.246. The minimum Gasteiger partial charge on any atom is -0.394 e. The number of guanidine groups is 1. The average Bonchev–Trinajstić information content (AvgIpc) is 3.18. The monoisotopic (exact) mass is 428 g/mol. The van der Waals surface area contributed by atoms with E-state index in [1.165, 1.54) is 6.07 Å². The maximum Gasteiger partial charge on any atom is 0.416 e. The number of aromatic nitrogens is 3. The number of aliphatic imine (C=N–C) groups is 1. The van der Waals surface area contributed by atoms with Gasteiger partial charge in [0.1, 0.15) is 12.2 Å². The van der Waals surface area contributed by atoms with Crippen molar-refractivity contribution in [3.05, 3.63) is 47.5 Å². The molecule has 30 heavy (non-hydrogen) atoms. The Hall–Kier alpha value is -2.66. The standard InChI is InChI=1S/C19H27F3N6O2/c1-2-17-27-26-14-28(17)8-6-23-18(24-7-10-30-11-9-29)25-13-15-4-3-5-16(12-15)19(20,21)22/h3-5,12,14,29H,2,6-11,13H2,1H3,(H2,23,24,25). The third kappa shape index (κ3) is 7.99. The summed E-state index contributed by atoms with van der Waals surface area (Å²) in [5, 5.41) is 22.9.